The third-order valence-electron chi connectivity index (χ3n) is 6.27. The molecule has 0 spiro atoms. The molecule has 4 rings (SSSR count). The molecule has 7 nitrogen and oxygen atoms in total. The highest BCUT2D eigenvalue weighted by Crippen LogP contribution is 2.20. The number of halogens is 1. The van der Waals surface area contributed by atoms with E-state index in [0.29, 0.717) is 12.2 Å². The van der Waals surface area contributed by atoms with Gasteiger partial charge in [0.1, 0.15) is 12.4 Å². The summed E-state index contributed by atoms with van der Waals surface area (Å²) < 4.78 is 14.4. The summed E-state index contributed by atoms with van der Waals surface area (Å²) in [5, 5.41) is 2.67. The SMILES string of the molecule is O=C(Nc1ccc(F)cc1)c1ccc(=O)n(CC(=O)N2CCCC[C@H]2CN2CCCC2)c1. The number of rotatable bonds is 6. The maximum absolute atomic E-state index is 13.1. The van der Waals surface area contributed by atoms with Gasteiger partial charge in [0.05, 0.1) is 5.56 Å². The lowest BCUT2D eigenvalue weighted by atomic mass is 10.0. The number of benzene rings is 1. The summed E-state index contributed by atoms with van der Waals surface area (Å²) in [5.41, 5.74) is 0.377. The van der Waals surface area contributed by atoms with Crippen LogP contribution in [0.1, 0.15) is 42.5 Å². The molecule has 2 fully saturated rings. The van der Waals surface area contributed by atoms with E-state index in [1.54, 1.807) is 0 Å². The van der Waals surface area contributed by atoms with E-state index in [9.17, 15) is 18.8 Å². The van der Waals surface area contributed by atoms with Crippen LogP contribution in [0.15, 0.2) is 47.4 Å². The molecule has 170 valence electrons. The zero-order valence-electron chi connectivity index (χ0n) is 18.1. The molecule has 0 unspecified atom stereocenters. The Balaban J connectivity index is 1.44. The van der Waals surface area contributed by atoms with E-state index in [1.807, 2.05) is 4.90 Å². The second-order valence-corrected chi connectivity index (χ2v) is 8.59. The first-order valence-electron chi connectivity index (χ1n) is 11.3. The quantitative estimate of drug-likeness (QED) is 0.750. The number of pyridine rings is 1. The van der Waals surface area contributed by atoms with Crippen molar-refractivity contribution >= 4 is 17.5 Å². The average Bonchev–Trinajstić information content (AvgIpc) is 3.30. The van der Waals surface area contributed by atoms with Crippen LogP contribution in [-0.4, -0.2) is 58.4 Å². The van der Waals surface area contributed by atoms with Gasteiger partial charge in [0.15, 0.2) is 0 Å². The van der Waals surface area contributed by atoms with Crippen molar-refractivity contribution in [2.45, 2.75) is 44.7 Å². The number of carbonyl (C=O) groups excluding carboxylic acids is 2. The molecular formula is C24H29FN4O3. The third kappa shape index (κ3) is 5.43. The fourth-order valence-corrected chi connectivity index (χ4v) is 4.54. The van der Waals surface area contributed by atoms with Crippen LogP contribution in [-0.2, 0) is 11.3 Å². The zero-order chi connectivity index (χ0) is 22.5. The fourth-order valence-electron chi connectivity index (χ4n) is 4.54. The Hall–Kier alpha value is -3.00. The number of carbonyl (C=O) groups is 2. The number of hydrogen-bond acceptors (Lipinski definition) is 4. The van der Waals surface area contributed by atoms with Crippen molar-refractivity contribution in [2.24, 2.45) is 0 Å². The lowest BCUT2D eigenvalue weighted by molar-refractivity contribution is -0.136. The van der Waals surface area contributed by atoms with Gasteiger partial charge in [0.2, 0.25) is 5.91 Å². The van der Waals surface area contributed by atoms with Crippen LogP contribution in [0.2, 0.25) is 0 Å². The molecule has 0 aliphatic carbocycles. The fraction of sp³-hybridized carbons (Fsp3) is 0.458. The zero-order valence-corrected chi connectivity index (χ0v) is 18.1. The van der Waals surface area contributed by atoms with E-state index in [2.05, 4.69) is 10.2 Å². The van der Waals surface area contributed by atoms with E-state index in [-0.39, 0.29) is 29.6 Å². The van der Waals surface area contributed by atoms with Crippen molar-refractivity contribution in [3.63, 3.8) is 0 Å². The molecule has 2 aliphatic rings. The Kier molecular flexibility index (Phi) is 6.99. The summed E-state index contributed by atoms with van der Waals surface area (Å²) in [6.45, 7) is 3.68. The summed E-state index contributed by atoms with van der Waals surface area (Å²) in [5.74, 6) is -0.911. The number of nitrogens with zero attached hydrogens (tertiary/aromatic N) is 3. The average molecular weight is 441 g/mol. The normalized spacial score (nSPS) is 19.2. The molecule has 2 amide bonds. The molecule has 1 atom stereocenters. The lowest BCUT2D eigenvalue weighted by Gasteiger charge is -2.38. The molecule has 3 heterocycles. The molecule has 1 N–H and O–H groups in total. The Morgan fingerprint density at radius 3 is 2.44 bits per heavy atom. The number of aromatic nitrogens is 1. The van der Waals surface area contributed by atoms with E-state index in [0.717, 1.165) is 38.9 Å². The van der Waals surface area contributed by atoms with Crippen molar-refractivity contribution in [3.05, 3.63) is 64.3 Å². The minimum Gasteiger partial charge on any atom is -0.337 e. The van der Waals surface area contributed by atoms with Gasteiger partial charge < -0.3 is 19.7 Å². The van der Waals surface area contributed by atoms with Gasteiger partial charge >= 0.3 is 0 Å². The monoisotopic (exact) mass is 440 g/mol. The first kappa shape index (κ1) is 22.2. The first-order chi connectivity index (χ1) is 15.5. The largest absolute Gasteiger partial charge is 0.337 e. The maximum Gasteiger partial charge on any atom is 0.257 e. The maximum atomic E-state index is 13.1. The molecule has 2 aromatic rings. The second kappa shape index (κ2) is 10.1. The van der Waals surface area contributed by atoms with Gasteiger partial charge in [-0.3, -0.25) is 14.4 Å². The van der Waals surface area contributed by atoms with Crippen LogP contribution in [0.5, 0.6) is 0 Å². The van der Waals surface area contributed by atoms with Crippen molar-refractivity contribution in [2.75, 3.05) is 31.5 Å². The molecule has 2 aliphatic heterocycles. The summed E-state index contributed by atoms with van der Waals surface area (Å²) in [4.78, 5) is 42.4. The van der Waals surface area contributed by atoms with Crippen LogP contribution in [0.25, 0.3) is 0 Å². The van der Waals surface area contributed by atoms with Crippen LogP contribution in [0.3, 0.4) is 0 Å². The summed E-state index contributed by atoms with van der Waals surface area (Å²) in [6.07, 6.45) is 6.90. The van der Waals surface area contributed by atoms with Crippen LogP contribution >= 0.6 is 0 Å². The van der Waals surface area contributed by atoms with E-state index >= 15 is 0 Å². The topological polar surface area (TPSA) is 74.6 Å². The summed E-state index contributed by atoms with van der Waals surface area (Å²) in [6, 6.07) is 8.34. The predicted molar refractivity (Wildman–Crippen MR) is 120 cm³/mol. The number of piperidine rings is 1. The van der Waals surface area contributed by atoms with Gasteiger partial charge in [-0.25, -0.2) is 4.39 Å². The van der Waals surface area contributed by atoms with Gasteiger partial charge in [0.25, 0.3) is 11.5 Å². The second-order valence-electron chi connectivity index (χ2n) is 8.59. The minimum atomic E-state index is -0.428. The number of hydrogen-bond donors (Lipinski definition) is 1. The Labute approximate surface area is 186 Å². The van der Waals surface area contributed by atoms with Gasteiger partial charge in [-0.15, -0.1) is 0 Å². The van der Waals surface area contributed by atoms with Crippen molar-refractivity contribution in [1.82, 2.24) is 14.4 Å². The first-order valence-corrected chi connectivity index (χ1v) is 11.3. The molecule has 8 heteroatoms. The van der Waals surface area contributed by atoms with Crippen LogP contribution in [0, 0.1) is 5.82 Å². The Morgan fingerprint density at radius 1 is 0.969 bits per heavy atom. The number of nitrogens with one attached hydrogen (secondary N) is 1. The standard InChI is InChI=1S/C24H29FN4O3/c25-19-7-9-20(10-8-19)26-24(32)18-6-11-22(30)28(15-18)17-23(31)29-14-2-1-5-21(29)16-27-12-3-4-13-27/h6-11,15,21H,1-5,12-14,16-17H2,(H,26,32)/t21-/m0/s1. The molecule has 32 heavy (non-hydrogen) atoms. The molecule has 2 saturated heterocycles. The number of likely N-dealkylation sites (tertiary alicyclic amines) is 2. The number of amides is 2. The van der Waals surface area contributed by atoms with Gasteiger partial charge in [0, 0.05) is 37.1 Å². The van der Waals surface area contributed by atoms with Gasteiger partial charge in [-0.2, -0.15) is 0 Å². The van der Waals surface area contributed by atoms with Crippen LogP contribution < -0.4 is 10.9 Å². The minimum absolute atomic E-state index is 0.0903. The number of anilines is 1. The molecule has 0 saturated carbocycles. The highest BCUT2D eigenvalue weighted by molar-refractivity contribution is 6.04. The van der Waals surface area contributed by atoms with Gasteiger partial charge in [-0.05, 0) is 75.5 Å². The molecular weight excluding hydrogens is 411 g/mol. The summed E-state index contributed by atoms with van der Waals surface area (Å²) >= 11 is 0. The highest BCUT2D eigenvalue weighted by atomic mass is 19.1. The van der Waals surface area contributed by atoms with Crippen molar-refractivity contribution < 1.29 is 14.0 Å². The van der Waals surface area contributed by atoms with E-state index in [1.165, 1.54) is 60.0 Å². The van der Waals surface area contributed by atoms with Crippen molar-refractivity contribution in [1.29, 1.82) is 0 Å². The Morgan fingerprint density at radius 2 is 1.69 bits per heavy atom. The molecule has 1 aromatic heterocycles. The van der Waals surface area contributed by atoms with E-state index in [4.69, 9.17) is 0 Å². The Bertz CT molecular complexity index is 1010. The van der Waals surface area contributed by atoms with Crippen molar-refractivity contribution in [3.8, 4) is 0 Å². The van der Waals surface area contributed by atoms with Gasteiger partial charge in [-0.1, -0.05) is 0 Å². The van der Waals surface area contributed by atoms with E-state index < -0.39 is 11.7 Å². The molecule has 1 aromatic carbocycles. The highest BCUT2D eigenvalue weighted by Gasteiger charge is 2.29. The smallest absolute Gasteiger partial charge is 0.257 e. The molecule has 0 bridgehead atoms. The third-order valence-corrected chi connectivity index (χ3v) is 6.27. The molecule has 0 radical (unpaired) electrons. The lowest BCUT2D eigenvalue weighted by Crippen LogP contribution is -2.50. The summed E-state index contributed by atoms with van der Waals surface area (Å²) in [7, 11) is 0. The van der Waals surface area contributed by atoms with Crippen LogP contribution in [0.4, 0.5) is 10.1 Å². The predicted octanol–water partition coefficient (Wildman–Crippen LogP) is 2.72.